The van der Waals surface area contributed by atoms with E-state index in [0.29, 0.717) is 6.04 Å². The molecule has 1 aliphatic rings. The molecule has 0 aromatic heterocycles. The summed E-state index contributed by atoms with van der Waals surface area (Å²) in [5, 5.41) is 3.72. The van der Waals surface area contributed by atoms with E-state index in [1.807, 2.05) is 0 Å². The fraction of sp³-hybridized carbons (Fsp3) is 0.667. The molecule has 0 heterocycles. The first-order valence-electron chi connectivity index (χ1n) is 8.26. The second-order valence-electron chi connectivity index (χ2n) is 6.13. The zero-order valence-corrected chi connectivity index (χ0v) is 15.1. The lowest BCUT2D eigenvalue weighted by molar-refractivity contribution is 0.210. The standard InChI is InChI=1S/C18H28BrNO/c1-4-13-7-6-8-14(11-13)18(20-5-2)15-9-10-17(21-3)16(19)12-15/h9-10,12-14,18,20H,4-8,11H2,1-3H3. The first kappa shape index (κ1) is 16.8. The van der Waals surface area contributed by atoms with Crippen LogP contribution in [0.15, 0.2) is 22.7 Å². The van der Waals surface area contributed by atoms with Gasteiger partial charge in [0, 0.05) is 6.04 Å². The molecule has 1 aromatic carbocycles. The Morgan fingerprint density at radius 1 is 1.33 bits per heavy atom. The minimum atomic E-state index is 0.464. The van der Waals surface area contributed by atoms with Gasteiger partial charge in [0.05, 0.1) is 11.6 Å². The van der Waals surface area contributed by atoms with E-state index in [0.717, 1.165) is 28.6 Å². The highest BCUT2D eigenvalue weighted by atomic mass is 79.9. The Hall–Kier alpha value is -0.540. The topological polar surface area (TPSA) is 21.3 Å². The van der Waals surface area contributed by atoms with E-state index < -0.39 is 0 Å². The third kappa shape index (κ3) is 4.23. The number of methoxy groups -OCH3 is 1. The van der Waals surface area contributed by atoms with Crippen molar-refractivity contribution in [1.82, 2.24) is 5.32 Å². The van der Waals surface area contributed by atoms with Gasteiger partial charge in [-0.15, -0.1) is 0 Å². The van der Waals surface area contributed by atoms with Gasteiger partial charge in [0.2, 0.25) is 0 Å². The van der Waals surface area contributed by atoms with E-state index in [4.69, 9.17) is 4.74 Å². The lowest BCUT2D eigenvalue weighted by Crippen LogP contribution is -2.31. The van der Waals surface area contributed by atoms with Crippen LogP contribution >= 0.6 is 15.9 Å². The third-order valence-electron chi connectivity index (χ3n) is 4.83. The van der Waals surface area contributed by atoms with Gasteiger partial charge >= 0.3 is 0 Å². The summed E-state index contributed by atoms with van der Waals surface area (Å²) in [4.78, 5) is 0. The van der Waals surface area contributed by atoms with Crippen LogP contribution in [0.1, 0.15) is 57.6 Å². The van der Waals surface area contributed by atoms with E-state index >= 15 is 0 Å². The monoisotopic (exact) mass is 353 g/mol. The van der Waals surface area contributed by atoms with Crippen molar-refractivity contribution in [3.8, 4) is 5.75 Å². The van der Waals surface area contributed by atoms with Crippen LogP contribution in [0.5, 0.6) is 5.75 Å². The van der Waals surface area contributed by atoms with Crippen molar-refractivity contribution in [3.63, 3.8) is 0 Å². The largest absolute Gasteiger partial charge is 0.496 e. The Balaban J connectivity index is 2.19. The van der Waals surface area contributed by atoms with Crippen LogP contribution in [0.25, 0.3) is 0 Å². The Kier molecular flexibility index (Phi) is 6.56. The fourth-order valence-electron chi connectivity index (χ4n) is 3.66. The van der Waals surface area contributed by atoms with Gasteiger partial charge in [-0.25, -0.2) is 0 Å². The molecule has 3 heteroatoms. The molecule has 0 saturated heterocycles. The van der Waals surface area contributed by atoms with Crippen LogP contribution in [-0.4, -0.2) is 13.7 Å². The number of hydrogen-bond acceptors (Lipinski definition) is 2. The molecule has 1 aromatic rings. The van der Waals surface area contributed by atoms with E-state index in [-0.39, 0.29) is 0 Å². The SMILES string of the molecule is CCNC(c1ccc(OC)c(Br)c1)C1CCCC(CC)C1. The molecule has 0 spiro atoms. The minimum absolute atomic E-state index is 0.464. The molecule has 118 valence electrons. The van der Waals surface area contributed by atoms with Gasteiger partial charge in [0.15, 0.2) is 0 Å². The molecule has 0 radical (unpaired) electrons. The molecule has 1 aliphatic carbocycles. The summed E-state index contributed by atoms with van der Waals surface area (Å²) in [6.07, 6.45) is 6.82. The Bertz CT molecular complexity index is 449. The summed E-state index contributed by atoms with van der Waals surface area (Å²) in [5.41, 5.74) is 1.38. The molecule has 1 N–H and O–H groups in total. The summed E-state index contributed by atoms with van der Waals surface area (Å²) in [5.74, 6) is 2.57. The highest BCUT2D eigenvalue weighted by Gasteiger charge is 2.28. The Morgan fingerprint density at radius 2 is 2.14 bits per heavy atom. The van der Waals surface area contributed by atoms with Crippen molar-refractivity contribution in [2.75, 3.05) is 13.7 Å². The average molecular weight is 354 g/mol. The number of hydrogen-bond donors (Lipinski definition) is 1. The van der Waals surface area contributed by atoms with Gasteiger partial charge in [-0.2, -0.15) is 0 Å². The maximum absolute atomic E-state index is 5.35. The number of halogens is 1. The fourth-order valence-corrected chi connectivity index (χ4v) is 4.22. The molecule has 21 heavy (non-hydrogen) atoms. The summed E-state index contributed by atoms with van der Waals surface area (Å²) in [6.45, 7) is 5.55. The average Bonchev–Trinajstić information content (AvgIpc) is 2.52. The normalized spacial score (nSPS) is 23.8. The maximum atomic E-state index is 5.35. The van der Waals surface area contributed by atoms with Crippen LogP contribution in [-0.2, 0) is 0 Å². The quantitative estimate of drug-likeness (QED) is 0.746. The first-order chi connectivity index (χ1) is 10.2. The molecule has 0 bridgehead atoms. The smallest absolute Gasteiger partial charge is 0.133 e. The van der Waals surface area contributed by atoms with Crippen molar-refractivity contribution >= 4 is 15.9 Å². The van der Waals surface area contributed by atoms with Crippen LogP contribution in [0.2, 0.25) is 0 Å². The van der Waals surface area contributed by atoms with Crippen LogP contribution in [0.3, 0.4) is 0 Å². The molecule has 1 fully saturated rings. The van der Waals surface area contributed by atoms with E-state index in [2.05, 4.69) is 53.3 Å². The zero-order chi connectivity index (χ0) is 15.2. The second kappa shape index (κ2) is 8.19. The van der Waals surface area contributed by atoms with Crippen molar-refractivity contribution < 1.29 is 4.74 Å². The molecule has 2 rings (SSSR count). The van der Waals surface area contributed by atoms with E-state index in [1.54, 1.807) is 7.11 Å². The van der Waals surface area contributed by atoms with Gasteiger partial charge < -0.3 is 10.1 Å². The Labute approximate surface area is 137 Å². The molecule has 3 atom stereocenters. The highest BCUT2D eigenvalue weighted by molar-refractivity contribution is 9.10. The van der Waals surface area contributed by atoms with Crippen LogP contribution in [0.4, 0.5) is 0 Å². The zero-order valence-electron chi connectivity index (χ0n) is 13.5. The van der Waals surface area contributed by atoms with E-state index in [1.165, 1.54) is 37.7 Å². The van der Waals surface area contributed by atoms with Gasteiger partial charge in [-0.3, -0.25) is 0 Å². The van der Waals surface area contributed by atoms with Crippen molar-refractivity contribution in [3.05, 3.63) is 28.2 Å². The molecular formula is C18H28BrNO. The number of benzene rings is 1. The van der Waals surface area contributed by atoms with Gasteiger partial charge in [0.1, 0.15) is 5.75 Å². The van der Waals surface area contributed by atoms with Crippen LogP contribution in [0, 0.1) is 11.8 Å². The van der Waals surface area contributed by atoms with Gasteiger partial charge in [0.25, 0.3) is 0 Å². The number of rotatable bonds is 6. The summed E-state index contributed by atoms with van der Waals surface area (Å²) < 4.78 is 6.40. The summed E-state index contributed by atoms with van der Waals surface area (Å²) >= 11 is 3.62. The number of ether oxygens (including phenoxy) is 1. The summed E-state index contributed by atoms with van der Waals surface area (Å²) in [6, 6.07) is 6.98. The molecule has 0 amide bonds. The lowest BCUT2D eigenvalue weighted by Gasteiger charge is -2.35. The van der Waals surface area contributed by atoms with Crippen molar-refractivity contribution in [2.24, 2.45) is 11.8 Å². The lowest BCUT2D eigenvalue weighted by atomic mass is 9.75. The predicted molar refractivity (Wildman–Crippen MR) is 92.9 cm³/mol. The van der Waals surface area contributed by atoms with Crippen LogP contribution < -0.4 is 10.1 Å². The molecule has 2 nitrogen and oxygen atoms in total. The second-order valence-corrected chi connectivity index (χ2v) is 6.98. The summed E-state index contributed by atoms with van der Waals surface area (Å²) in [7, 11) is 1.72. The Morgan fingerprint density at radius 3 is 2.76 bits per heavy atom. The molecular weight excluding hydrogens is 326 g/mol. The third-order valence-corrected chi connectivity index (χ3v) is 5.45. The maximum Gasteiger partial charge on any atom is 0.133 e. The predicted octanol–water partition coefficient (Wildman–Crippen LogP) is 5.32. The van der Waals surface area contributed by atoms with Crippen molar-refractivity contribution in [2.45, 2.75) is 52.0 Å². The minimum Gasteiger partial charge on any atom is -0.496 e. The number of nitrogens with one attached hydrogen (secondary N) is 1. The van der Waals surface area contributed by atoms with Gasteiger partial charge in [-0.1, -0.05) is 39.2 Å². The molecule has 1 saturated carbocycles. The first-order valence-corrected chi connectivity index (χ1v) is 9.05. The molecule has 3 unspecified atom stereocenters. The highest BCUT2D eigenvalue weighted by Crippen LogP contribution is 2.39. The van der Waals surface area contributed by atoms with E-state index in [9.17, 15) is 0 Å². The molecule has 0 aliphatic heterocycles. The van der Waals surface area contributed by atoms with Gasteiger partial charge in [-0.05, 0) is 64.8 Å². The van der Waals surface area contributed by atoms with Crippen molar-refractivity contribution in [1.29, 1.82) is 0 Å².